The summed E-state index contributed by atoms with van der Waals surface area (Å²) >= 11 is 0. The third-order valence-electron chi connectivity index (χ3n) is 4.81. The summed E-state index contributed by atoms with van der Waals surface area (Å²) in [4.78, 5) is 14.6. The maximum Gasteiger partial charge on any atom is 0.274 e. The van der Waals surface area contributed by atoms with Crippen LogP contribution in [0.2, 0.25) is 0 Å². The van der Waals surface area contributed by atoms with E-state index in [9.17, 15) is 9.90 Å². The van der Waals surface area contributed by atoms with Crippen LogP contribution in [-0.2, 0) is 0 Å². The molecule has 0 spiro atoms. The van der Waals surface area contributed by atoms with Gasteiger partial charge in [0.1, 0.15) is 0 Å². The Bertz CT molecular complexity index is 719. The molecule has 0 aliphatic carbocycles. The highest BCUT2D eigenvalue weighted by Crippen LogP contribution is 2.22. The molecule has 2 atom stereocenters. The van der Waals surface area contributed by atoms with E-state index in [1.807, 2.05) is 53.8 Å². The Kier molecular flexibility index (Phi) is 4.71. The summed E-state index contributed by atoms with van der Waals surface area (Å²) in [5, 5.41) is 14.3. The number of amides is 1. The summed E-state index contributed by atoms with van der Waals surface area (Å²) in [6.45, 7) is 7.14. The second-order valence-corrected chi connectivity index (χ2v) is 6.81. The van der Waals surface area contributed by atoms with Crippen molar-refractivity contribution >= 4 is 5.91 Å². The number of likely N-dealkylation sites (tertiary alicyclic amines) is 1. The summed E-state index contributed by atoms with van der Waals surface area (Å²) in [5.41, 5.74) is 3.56. The van der Waals surface area contributed by atoms with Crippen molar-refractivity contribution in [2.45, 2.75) is 39.7 Å². The van der Waals surface area contributed by atoms with Gasteiger partial charge in [0, 0.05) is 24.7 Å². The fourth-order valence-electron chi connectivity index (χ4n) is 3.28. The van der Waals surface area contributed by atoms with E-state index in [-0.39, 0.29) is 17.9 Å². The lowest BCUT2D eigenvalue weighted by molar-refractivity contribution is 0.0461. The van der Waals surface area contributed by atoms with Gasteiger partial charge in [-0.3, -0.25) is 4.79 Å². The zero-order chi connectivity index (χ0) is 17.3. The normalized spacial score (nSPS) is 19.3. The van der Waals surface area contributed by atoms with Crippen LogP contribution in [0.3, 0.4) is 0 Å². The van der Waals surface area contributed by atoms with E-state index in [2.05, 4.69) is 5.10 Å². The fourth-order valence-corrected chi connectivity index (χ4v) is 3.28. The van der Waals surface area contributed by atoms with E-state index < -0.39 is 0 Å². The zero-order valence-corrected chi connectivity index (χ0v) is 14.6. The number of aryl methyl sites for hydroxylation is 2. The highest BCUT2D eigenvalue weighted by Gasteiger charge is 2.28. The van der Waals surface area contributed by atoms with Gasteiger partial charge in [0.05, 0.1) is 11.8 Å². The molecule has 3 rings (SSSR count). The number of benzene rings is 1. The maximum atomic E-state index is 12.8. The molecule has 1 aliphatic heterocycles. The van der Waals surface area contributed by atoms with Crippen LogP contribution in [-0.4, -0.2) is 44.9 Å². The molecule has 1 N–H and O–H groups in total. The van der Waals surface area contributed by atoms with E-state index in [1.165, 1.54) is 5.56 Å². The van der Waals surface area contributed by atoms with Crippen molar-refractivity contribution in [2.75, 3.05) is 13.1 Å². The summed E-state index contributed by atoms with van der Waals surface area (Å²) in [6, 6.07) is 9.93. The Morgan fingerprint density at radius 3 is 2.67 bits per heavy atom. The highest BCUT2D eigenvalue weighted by molar-refractivity contribution is 5.92. The Morgan fingerprint density at radius 1 is 1.29 bits per heavy atom. The van der Waals surface area contributed by atoms with Gasteiger partial charge in [0.25, 0.3) is 5.91 Å². The molecule has 1 aromatic heterocycles. The van der Waals surface area contributed by atoms with E-state index in [0.29, 0.717) is 12.2 Å². The van der Waals surface area contributed by atoms with Crippen LogP contribution in [0, 0.1) is 19.8 Å². The minimum Gasteiger partial charge on any atom is -0.393 e. The molecule has 5 nitrogen and oxygen atoms in total. The van der Waals surface area contributed by atoms with Crippen molar-refractivity contribution in [3.05, 3.63) is 47.3 Å². The maximum absolute atomic E-state index is 12.8. The predicted molar refractivity (Wildman–Crippen MR) is 93.3 cm³/mol. The standard InChI is InChI=1S/C19H25N3O2/c1-13-6-8-17(9-7-13)22-14(2)11-18(20-22)19(24)21-10-4-5-16(12-21)15(3)23/h6-9,11,15-16,23H,4-5,10,12H2,1-3H3. The van der Waals surface area contributed by atoms with Crippen molar-refractivity contribution in [1.82, 2.24) is 14.7 Å². The van der Waals surface area contributed by atoms with Gasteiger partial charge >= 0.3 is 0 Å². The molecule has 2 heterocycles. The molecule has 5 heteroatoms. The molecule has 2 unspecified atom stereocenters. The van der Waals surface area contributed by atoms with Crippen LogP contribution in [0.5, 0.6) is 0 Å². The van der Waals surface area contributed by atoms with Gasteiger partial charge in [-0.1, -0.05) is 17.7 Å². The zero-order valence-electron chi connectivity index (χ0n) is 14.6. The molecule has 0 bridgehead atoms. The lowest BCUT2D eigenvalue weighted by Crippen LogP contribution is -2.43. The van der Waals surface area contributed by atoms with Crippen LogP contribution in [0.4, 0.5) is 0 Å². The van der Waals surface area contributed by atoms with Gasteiger partial charge in [-0.15, -0.1) is 0 Å². The van der Waals surface area contributed by atoms with E-state index in [4.69, 9.17) is 0 Å². The molecule has 1 fully saturated rings. The largest absolute Gasteiger partial charge is 0.393 e. The van der Waals surface area contributed by atoms with Gasteiger partial charge < -0.3 is 10.0 Å². The Hall–Kier alpha value is -2.14. The molecule has 1 aromatic carbocycles. The van der Waals surface area contributed by atoms with E-state index >= 15 is 0 Å². The number of hydrogen-bond acceptors (Lipinski definition) is 3. The third kappa shape index (κ3) is 3.36. The number of carbonyl (C=O) groups excluding carboxylic acids is 1. The molecule has 24 heavy (non-hydrogen) atoms. The Morgan fingerprint density at radius 2 is 2.00 bits per heavy atom. The second kappa shape index (κ2) is 6.77. The van der Waals surface area contributed by atoms with Gasteiger partial charge in [0.2, 0.25) is 0 Å². The smallest absolute Gasteiger partial charge is 0.274 e. The van der Waals surface area contributed by atoms with Crippen LogP contribution < -0.4 is 0 Å². The van der Waals surface area contributed by atoms with Crippen molar-refractivity contribution in [3.63, 3.8) is 0 Å². The number of aromatic nitrogens is 2. The highest BCUT2D eigenvalue weighted by atomic mass is 16.3. The van der Waals surface area contributed by atoms with Crippen LogP contribution in [0.1, 0.15) is 41.5 Å². The number of aliphatic hydroxyl groups excluding tert-OH is 1. The molecule has 1 saturated heterocycles. The number of hydrogen-bond donors (Lipinski definition) is 1. The first-order valence-electron chi connectivity index (χ1n) is 8.57. The molecular weight excluding hydrogens is 302 g/mol. The number of aliphatic hydroxyl groups is 1. The summed E-state index contributed by atoms with van der Waals surface area (Å²) in [5.74, 6) is 0.109. The third-order valence-corrected chi connectivity index (χ3v) is 4.81. The quantitative estimate of drug-likeness (QED) is 0.943. The number of piperidine rings is 1. The van der Waals surface area contributed by atoms with Gasteiger partial charge in [-0.2, -0.15) is 5.10 Å². The minimum absolute atomic E-state index is 0.0469. The molecule has 1 amide bonds. The van der Waals surface area contributed by atoms with Gasteiger partial charge in [-0.25, -0.2) is 4.68 Å². The first-order chi connectivity index (χ1) is 11.5. The molecule has 0 saturated carbocycles. The number of carbonyl (C=O) groups is 1. The lowest BCUT2D eigenvalue weighted by Gasteiger charge is -2.33. The number of nitrogens with zero attached hydrogens (tertiary/aromatic N) is 3. The molecular formula is C19H25N3O2. The van der Waals surface area contributed by atoms with Gasteiger partial charge in [-0.05, 0) is 51.8 Å². The summed E-state index contributed by atoms with van der Waals surface area (Å²) in [7, 11) is 0. The van der Waals surface area contributed by atoms with Crippen molar-refractivity contribution < 1.29 is 9.90 Å². The molecule has 1 aliphatic rings. The second-order valence-electron chi connectivity index (χ2n) is 6.81. The summed E-state index contributed by atoms with van der Waals surface area (Å²) < 4.78 is 1.81. The monoisotopic (exact) mass is 327 g/mol. The van der Waals surface area contributed by atoms with Crippen LogP contribution in [0.25, 0.3) is 5.69 Å². The lowest BCUT2D eigenvalue weighted by atomic mass is 9.93. The molecule has 2 aromatic rings. The van der Waals surface area contributed by atoms with Crippen LogP contribution in [0.15, 0.2) is 30.3 Å². The predicted octanol–water partition coefficient (Wildman–Crippen LogP) is 2.72. The first kappa shape index (κ1) is 16.7. The summed E-state index contributed by atoms with van der Waals surface area (Å²) in [6.07, 6.45) is 1.52. The molecule has 0 radical (unpaired) electrons. The van der Waals surface area contributed by atoms with E-state index in [0.717, 1.165) is 30.8 Å². The topological polar surface area (TPSA) is 58.4 Å². The number of rotatable bonds is 3. The Labute approximate surface area is 142 Å². The first-order valence-corrected chi connectivity index (χ1v) is 8.57. The van der Waals surface area contributed by atoms with Gasteiger partial charge in [0.15, 0.2) is 5.69 Å². The average molecular weight is 327 g/mol. The molecule has 128 valence electrons. The average Bonchev–Trinajstić information content (AvgIpc) is 2.97. The van der Waals surface area contributed by atoms with Crippen LogP contribution >= 0.6 is 0 Å². The van der Waals surface area contributed by atoms with Crippen molar-refractivity contribution in [1.29, 1.82) is 0 Å². The van der Waals surface area contributed by atoms with Crippen molar-refractivity contribution in [3.8, 4) is 5.69 Å². The Balaban J connectivity index is 1.81. The van der Waals surface area contributed by atoms with Crippen molar-refractivity contribution in [2.24, 2.45) is 5.92 Å². The SMILES string of the molecule is Cc1ccc(-n2nc(C(=O)N3CCCC(C(C)O)C3)cc2C)cc1. The minimum atomic E-state index is -0.382. The van der Waals surface area contributed by atoms with E-state index in [1.54, 1.807) is 6.92 Å². The fraction of sp³-hybridized carbons (Fsp3) is 0.474.